The first kappa shape index (κ1) is 24.7. The molecular weight excluding hydrogens is 468 g/mol. The second kappa shape index (κ2) is 10.9. The Morgan fingerprint density at radius 1 is 1.25 bits per heavy atom. The van der Waals surface area contributed by atoms with E-state index in [1.54, 1.807) is 42.1 Å². The fourth-order valence-electron chi connectivity index (χ4n) is 4.19. The van der Waals surface area contributed by atoms with Crippen molar-refractivity contribution in [2.45, 2.75) is 26.3 Å². The van der Waals surface area contributed by atoms with Crippen LogP contribution in [-0.2, 0) is 4.79 Å². The number of nitrogens with zero attached hydrogens (tertiary/aromatic N) is 8. The molecule has 0 saturated carbocycles. The highest BCUT2D eigenvalue weighted by molar-refractivity contribution is 5.61. The van der Waals surface area contributed by atoms with Gasteiger partial charge in [0.25, 0.3) is 0 Å². The maximum absolute atomic E-state index is 15.0. The molecule has 3 aromatic rings. The number of hydrogen-bond acceptors (Lipinski definition) is 8. The third-order valence-corrected chi connectivity index (χ3v) is 5.81. The van der Waals surface area contributed by atoms with Gasteiger partial charge in [-0.2, -0.15) is 15.0 Å². The van der Waals surface area contributed by atoms with Gasteiger partial charge in [0.2, 0.25) is 6.41 Å². The Balaban J connectivity index is 1.57. The van der Waals surface area contributed by atoms with Crippen LogP contribution in [0.4, 0.5) is 14.5 Å². The number of hydrazone groups is 1. The van der Waals surface area contributed by atoms with Gasteiger partial charge in [-0.25, -0.2) is 18.7 Å². The molecule has 1 atom stereocenters. The Labute approximate surface area is 206 Å². The first-order valence-electron chi connectivity index (χ1n) is 11.4. The molecule has 1 N–H and O–H groups in total. The molecule has 0 fully saturated rings. The van der Waals surface area contributed by atoms with Crippen LogP contribution in [0.1, 0.15) is 35.2 Å². The van der Waals surface area contributed by atoms with E-state index in [9.17, 15) is 18.8 Å². The van der Waals surface area contributed by atoms with Crippen LogP contribution in [0.5, 0.6) is 0 Å². The molecule has 2 aromatic heterocycles. The van der Waals surface area contributed by atoms with E-state index >= 15 is 0 Å². The first-order valence-corrected chi connectivity index (χ1v) is 11.4. The van der Waals surface area contributed by atoms with Gasteiger partial charge in [-0.3, -0.25) is 9.80 Å². The van der Waals surface area contributed by atoms with Crippen molar-refractivity contribution in [2.75, 3.05) is 31.1 Å². The minimum atomic E-state index is -0.524. The molecule has 0 radical (unpaired) electrons. The highest BCUT2D eigenvalue weighted by Crippen LogP contribution is 2.30. The van der Waals surface area contributed by atoms with Crippen molar-refractivity contribution in [3.8, 4) is 11.9 Å². The number of nitrogens with one attached hydrogen (secondary N) is 1. The van der Waals surface area contributed by atoms with Crippen LogP contribution in [0.3, 0.4) is 0 Å². The Morgan fingerprint density at radius 2 is 2.08 bits per heavy atom. The van der Waals surface area contributed by atoms with E-state index in [0.717, 1.165) is 6.20 Å². The predicted molar refractivity (Wildman–Crippen MR) is 129 cm³/mol. The van der Waals surface area contributed by atoms with Crippen molar-refractivity contribution in [3.05, 3.63) is 64.9 Å². The lowest BCUT2D eigenvalue weighted by molar-refractivity contribution is -0.109. The maximum atomic E-state index is 15.0. The molecule has 4 rings (SSSR count). The van der Waals surface area contributed by atoms with Gasteiger partial charge in [0.15, 0.2) is 11.6 Å². The second-order valence-corrected chi connectivity index (χ2v) is 8.27. The summed E-state index contributed by atoms with van der Waals surface area (Å²) in [5.74, 6) is 0.598. The Morgan fingerprint density at radius 3 is 2.81 bits per heavy atom. The second-order valence-electron chi connectivity index (χ2n) is 8.27. The Kier molecular flexibility index (Phi) is 7.48. The lowest BCUT2D eigenvalue weighted by Crippen LogP contribution is -2.38. The van der Waals surface area contributed by atoms with Crippen molar-refractivity contribution in [1.29, 1.82) is 5.26 Å². The first-order chi connectivity index (χ1) is 17.4. The molecule has 0 bridgehead atoms. The zero-order chi connectivity index (χ0) is 25.7. The molecule has 36 heavy (non-hydrogen) atoms. The summed E-state index contributed by atoms with van der Waals surface area (Å²) >= 11 is 0. The maximum Gasteiger partial charge on any atom is 0.207 e. The molecule has 12 heteroatoms. The van der Waals surface area contributed by atoms with E-state index in [2.05, 4.69) is 25.5 Å². The van der Waals surface area contributed by atoms with Gasteiger partial charge in [0, 0.05) is 38.3 Å². The number of anilines is 1. The average molecular weight is 494 g/mol. The number of aryl methyl sites for hydroxylation is 2. The van der Waals surface area contributed by atoms with E-state index in [1.807, 2.05) is 6.07 Å². The normalized spacial score (nSPS) is 14.6. The number of hydrogen-bond donors (Lipinski definition) is 1. The monoisotopic (exact) mass is 493 g/mol. The predicted octanol–water partition coefficient (Wildman–Crippen LogP) is 2.41. The van der Waals surface area contributed by atoms with Gasteiger partial charge < -0.3 is 10.2 Å². The summed E-state index contributed by atoms with van der Waals surface area (Å²) in [6, 6.07) is 7.56. The summed E-state index contributed by atoms with van der Waals surface area (Å²) in [4.78, 5) is 21.0. The third kappa shape index (κ3) is 5.46. The summed E-state index contributed by atoms with van der Waals surface area (Å²) in [7, 11) is 0. The number of aromatic nitrogens is 4. The molecule has 186 valence electrons. The van der Waals surface area contributed by atoms with Crippen LogP contribution in [0.25, 0.3) is 5.82 Å². The summed E-state index contributed by atoms with van der Waals surface area (Å²) in [5, 5.41) is 22.3. The highest BCUT2D eigenvalue weighted by atomic mass is 19.1. The van der Waals surface area contributed by atoms with Crippen molar-refractivity contribution in [1.82, 2.24) is 30.1 Å². The summed E-state index contributed by atoms with van der Waals surface area (Å²) in [6.07, 6.45) is 4.01. The molecule has 1 aliphatic heterocycles. The van der Waals surface area contributed by atoms with E-state index in [1.165, 1.54) is 16.8 Å². The fourth-order valence-corrected chi connectivity index (χ4v) is 4.19. The van der Waals surface area contributed by atoms with Gasteiger partial charge in [-0.15, -0.1) is 5.10 Å². The third-order valence-electron chi connectivity index (χ3n) is 5.81. The van der Waals surface area contributed by atoms with Gasteiger partial charge in [0.1, 0.15) is 17.5 Å². The van der Waals surface area contributed by atoms with Crippen LogP contribution in [-0.4, -0.2) is 63.6 Å². The summed E-state index contributed by atoms with van der Waals surface area (Å²) in [5.41, 5.74) is 1.17. The molecule has 0 saturated heterocycles. The molecule has 1 aliphatic rings. The summed E-state index contributed by atoms with van der Waals surface area (Å²) in [6.45, 7) is 4.91. The number of carbonyl (C=O) groups excluding carboxylic acids is 1. The molecule has 1 amide bonds. The minimum absolute atomic E-state index is 0.239. The van der Waals surface area contributed by atoms with Gasteiger partial charge in [-0.05, 0) is 37.6 Å². The lowest BCUT2D eigenvalue weighted by Gasteiger charge is -2.30. The molecular formula is C24H25F2N9O. The minimum Gasteiger partial charge on any atom is -0.365 e. The van der Waals surface area contributed by atoms with Crippen LogP contribution < -0.4 is 10.2 Å². The highest BCUT2D eigenvalue weighted by Gasteiger charge is 2.25. The number of halogens is 2. The Hall–Kier alpha value is -4.40. The summed E-state index contributed by atoms with van der Waals surface area (Å²) < 4.78 is 30.5. The molecule has 3 heterocycles. The topological polar surface area (TPSA) is 115 Å². The van der Waals surface area contributed by atoms with E-state index in [0.29, 0.717) is 62.0 Å². The number of carbonyl (C=O) groups is 1. The van der Waals surface area contributed by atoms with Gasteiger partial charge in [-0.1, -0.05) is 0 Å². The van der Waals surface area contributed by atoms with Crippen molar-refractivity contribution < 1.29 is 13.6 Å². The van der Waals surface area contributed by atoms with Gasteiger partial charge in [0.05, 0.1) is 36.1 Å². The van der Waals surface area contributed by atoms with Crippen molar-refractivity contribution in [2.24, 2.45) is 5.10 Å². The fraction of sp³-hybridized carbons (Fsp3) is 0.333. The molecule has 1 unspecified atom stereocenters. The lowest BCUT2D eigenvalue weighted by atomic mass is 10.0. The number of rotatable bonds is 10. The Bertz CT molecular complexity index is 1320. The van der Waals surface area contributed by atoms with Crippen LogP contribution in [0.15, 0.2) is 35.6 Å². The van der Waals surface area contributed by atoms with Gasteiger partial charge >= 0.3 is 0 Å². The standard InChI is InChI=1S/C24H25F2N9O/c1-16-31-17(2)35(32-16)24-12-23(21(26)14-29-24)33(6-5-28-15-36)7-8-34-22(3-4-30-34)19-9-18(13-27)10-20(25)11-19/h4,9-12,14-15,22H,3,5-8H2,1-2H3,(H,28,36). The number of amides is 1. The molecule has 1 aromatic carbocycles. The van der Waals surface area contributed by atoms with E-state index in [4.69, 9.17) is 0 Å². The smallest absolute Gasteiger partial charge is 0.207 e. The molecule has 0 aliphatic carbocycles. The number of benzene rings is 1. The quantitative estimate of drug-likeness (QED) is 0.341. The van der Waals surface area contributed by atoms with Crippen LogP contribution in [0.2, 0.25) is 0 Å². The zero-order valence-corrected chi connectivity index (χ0v) is 19.9. The SMILES string of the molecule is Cc1nc(C)n(-c2cc(N(CCNC=O)CCN3N=CCC3c3cc(F)cc(C#N)c3)c(F)cn2)n1. The van der Waals surface area contributed by atoms with Crippen LogP contribution in [0, 0.1) is 36.8 Å². The zero-order valence-electron chi connectivity index (χ0n) is 19.9. The molecule has 0 spiro atoms. The van der Waals surface area contributed by atoms with Crippen LogP contribution >= 0.6 is 0 Å². The van der Waals surface area contributed by atoms with Crippen molar-refractivity contribution in [3.63, 3.8) is 0 Å². The average Bonchev–Trinajstić information content (AvgIpc) is 3.47. The van der Waals surface area contributed by atoms with E-state index in [-0.39, 0.29) is 17.3 Å². The molecule has 10 nitrogen and oxygen atoms in total. The largest absolute Gasteiger partial charge is 0.365 e. The number of nitriles is 1. The van der Waals surface area contributed by atoms with E-state index < -0.39 is 11.6 Å². The van der Waals surface area contributed by atoms with Crippen molar-refractivity contribution >= 4 is 18.3 Å². The number of pyridine rings is 1.